The van der Waals surface area contributed by atoms with E-state index in [-0.39, 0.29) is 6.04 Å². The number of hydrogen-bond acceptors (Lipinski definition) is 5. The van der Waals surface area contributed by atoms with Crippen LogP contribution in [0.1, 0.15) is 38.4 Å². The lowest BCUT2D eigenvalue weighted by Crippen LogP contribution is -2.41. The monoisotopic (exact) mass is 423 g/mol. The lowest BCUT2D eigenvalue weighted by molar-refractivity contribution is 0.375. The second-order valence-corrected chi connectivity index (χ2v) is 8.83. The molecule has 2 aromatic carbocycles. The zero-order chi connectivity index (χ0) is 21.9. The maximum Gasteiger partial charge on any atom is 0.101 e. The van der Waals surface area contributed by atoms with Gasteiger partial charge in [-0.25, -0.2) is 0 Å². The maximum atomic E-state index is 4.79. The van der Waals surface area contributed by atoms with Gasteiger partial charge in [-0.05, 0) is 60.0 Å². The zero-order valence-corrected chi connectivity index (χ0v) is 18.6. The van der Waals surface area contributed by atoms with Gasteiger partial charge in [-0.2, -0.15) is 5.10 Å². The van der Waals surface area contributed by atoms with Gasteiger partial charge in [0.15, 0.2) is 0 Å². The van der Waals surface area contributed by atoms with E-state index < -0.39 is 0 Å². The van der Waals surface area contributed by atoms with Crippen molar-refractivity contribution in [2.45, 2.75) is 44.8 Å². The van der Waals surface area contributed by atoms with Crippen molar-refractivity contribution in [1.82, 2.24) is 25.8 Å². The summed E-state index contributed by atoms with van der Waals surface area (Å²) in [6, 6.07) is 22.1. The third-order valence-electron chi connectivity index (χ3n) is 6.16. The van der Waals surface area contributed by atoms with Gasteiger partial charge < -0.3 is 10.6 Å². The van der Waals surface area contributed by atoms with Gasteiger partial charge in [-0.15, -0.1) is 5.10 Å². The van der Waals surface area contributed by atoms with Crippen LogP contribution in [0.5, 0.6) is 0 Å². The largest absolute Gasteiger partial charge is 0.312 e. The molecule has 3 heterocycles. The number of hydrogen-bond donors (Lipinski definition) is 2. The Morgan fingerprint density at radius 2 is 1.72 bits per heavy atom. The number of nitrogens with zero attached hydrogens (tertiary/aromatic N) is 3. The fourth-order valence-corrected chi connectivity index (χ4v) is 4.62. The van der Waals surface area contributed by atoms with Gasteiger partial charge in [-0.3, -0.25) is 4.98 Å². The number of rotatable bonds is 6. The highest BCUT2D eigenvalue weighted by atomic mass is 15.1. The minimum atomic E-state index is 0.122. The average Bonchev–Trinajstić information content (AvgIpc) is 3.37. The Kier molecular flexibility index (Phi) is 5.93. The topological polar surface area (TPSA) is 62.7 Å². The van der Waals surface area contributed by atoms with E-state index in [1.165, 1.54) is 17.2 Å². The highest BCUT2D eigenvalue weighted by Gasteiger charge is 2.28. The van der Waals surface area contributed by atoms with Crippen LogP contribution in [0.25, 0.3) is 33.2 Å². The van der Waals surface area contributed by atoms with Crippen molar-refractivity contribution in [3.63, 3.8) is 0 Å². The van der Waals surface area contributed by atoms with Crippen molar-refractivity contribution in [3.8, 4) is 22.4 Å². The standard InChI is InChI=1S/C27H29N5/c1-18(2)30-27(24-8-5-13-29-24)25-17-23(20-11-14-28-15-12-20)26(32-31-25)22-10-9-19-6-3-4-7-21(19)16-22/h3-4,6-7,9-12,14-18,24,27,29-30H,5,8,13H2,1-2H3. The van der Waals surface area contributed by atoms with E-state index in [9.17, 15) is 0 Å². The normalized spacial score (nSPS) is 17.2. The molecule has 2 aromatic heterocycles. The molecule has 5 nitrogen and oxygen atoms in total. The third kappa shape index (κ3) is 4.27. The molecule has 5 heteroatoms. The minimum Gasteiger partial charge on any atom is -0.312 e. The van der Waals surface area contributed by atoms with Crippen molar-refractivity contribution < 1.29 is 0 Å². The van der Waals surface area contributed by atoms with Crippen molar-refractivity contribution in [2.75, 3.05) is 6.54 Å². The molecule has 5 rings (SSSR count). The predicted molar refractivity (Wildman–Crippen MR) is 130 cm³/mol. The second-order valence-electron chi connectivity index (χ2n) is 8.83. The molecule has 4 aromatic rings. The Balaban J connectivity index is 1.63. The summed E-state index contributed by atoms with van der Waals surface area (Å²) in [6.07, 6.45) is 6.01. The summed E-state index contributed by atoms with van der Waals surface area (Å²) in [5.74, 6) is 0. The summed E-state index contributed by atoms with van der Waals surface area (Å²) in [7, 11) is 0. The first kappa shape index (κ1) is 20.7. The molecule has 1 aliphatic heterocycles. The molecule has 1 fully saturated rings. The summed E-state index contributed by atoms with van der Waals surface area (Å²) in [6.45, 7) is 5.42. The van der Waals surface area contributed by atoms with Gasteiger partial charge in [0.25, 0.3) is 0 Å². The number of nitrogens with one attached hydrogen (secondary N) is 2. The number of pyridine rings is 1. The molecular formula is C27H29N5. The highest BCUT2D eigenvalue weighted by Crippen LogP contribution is 2.34. The molecular weight excluding hydrogens is 394 g/mol. The quantitative estimate of drug-likeness (QED) is 0.449. The third-order valence-corrected chi connectivity index (χ3v) is 6.16. The number of fused-ring (bicyclic) bond motifs is 1. The molecule has 32 heavy (non-hydrogen) atoms. The summed E-state index contributed by atoms with van der Waals surface area (Å²) >= 11 is 0. The Hall–Kier alpha value is -3.15. The van der Waals surface area contributed by atoms with Crippen LogP contribution < -0.4 is 10.6 Å². The molecule has 1 aliphatic rings. The average molecular weight is 424 g/mol. The summed E-state index contributed by atoms with van der Waals surface area (Å²) < 4.78 is 0. The first-order valence-corrected chi connectivity index (χ1v) is 11.5. The minimum absolute atomic E-state index is 0.122. The lowest BCUT2D eigenvalue weighted by atomic mass is 9.95. The first-order valence-electron chi connectivity index (χ1n) is 11.5. The SMILES string of the molecule is CC(C)NC(c1cc(-c2ccncc2)c(-c2ccc3ccccc3c2)nn1)C1CCCN1. The Morgan fingerprint density at radius 3 is 2.47 bits per heavy atom. The molecule has 1 saturated heterocycles. The lowest BCUT2D eigenvalue weighted by Gasteiger charge is -2.27. The van der Waals surface area contributed by atoms with E-state index in [0.717, 1.165) is 41.0 Å². The zero-order valence-electron chi connectivity index (χ0n) is 18.6. The van der Waals surface area contributed by atoms with E-state index in [2.05, 4.69) is 78.0 Å². The van der Waals surface area contributed by atoms with Gasteiger partial charge in [0, 0.05) is 35.6 Å². The Labute approximate surface area is 189 Å². The second kappa shape index (κ2) is 9.15. The summed E-state index contributed by atoms with van der Waals surface area (Å²) in [4.78, 5) is 4.22. The molecule has 162 valence electrons. The van der Waals surface area contributed by atoms with Crippen molar-refractivity contribution in [2.24, 2.45) is 0 Å². The number of benzene rings is 2. The molecule has 0 spiro atoms. The van der Waals surface area contributed by atoms with Crippen LogP contribution in [0.15, 0.2) is 73.1 Å². The molecule has 0 radical (unpaired) electrons. The van der Waals surface area contributed by atoms with Crippen LogP contribution in [-0.2, 0) is 0 Å². The molecule has 2 atom stereocenters. The van der Waals surface area contributed by atoms with Crippen LogP contribution in [0.2, 0.25) is 0 Å². The Bertz CT molecular complexity index is 1200. The fourth-order valence-electron chi connectivity index (χ4n) is 4.62. The van der Waals surface area contributed by atoms with Gasteiger partial charge in [-0.1, -0.05) is 50.2 Å². The predicted octanol–water partition coefficient (Wildman–Crippen LogP) is 5.15. The van der Waals surface area contributed by atoms with E-state index in [1.54, 1.807) is 0 Å². The van der Waals surface area contributed by atoms with Crippen molar-refractivity contribution in [1.29, 1.82) is 0 Å². The summed E-state index contributed by atoms with van der Waals surface area (Å²) in [5.41, 5.74) is 5.13. The molecule has 0 saturated carbocycles. The maximum absolute atomic E-state index is 4.79. The Morgan fingerprint density at radius 1 is 0.906 bits per heavy atom. The highest BCUT2D eigenvalue weighted by molar-refractivity contribution is 5.89. The van der Waals surface area contributed by atoms with Gasteiger partial charge >= 0.3 is 0 Å². The van der Waals surface area contributed by atoms with E-state index in [1.807, 2.05) is 24.5 Å². The fraction of sp³-hybridized carbons (Fsp3) is 0.296. The van der Waals surface area contributed by atoms with Crippen molar-refractivity contribution in [3.05, 3.63) is 78.8 Å². The van der Waals surface area contributed by atoms with E-state index in [0.29, 0.717) is 12.1 Å². The molecule has 0 bridgehead atoms. The van der Waals surface area contributed by atoms with Crippen LogP contribution in [-0.4, -0.2) is 33.8 Å². The van der Waals surface area contributed by atoms with Crippen LogP contribution in [0.3, 0.4) is 0 Å². The number of aromatic nitrogens is 3. The molecule has 0 aliphatic carbocycles. The smallest absolute Gasteiger partial charge is 0.101 e. The first-order chi connectivity index (χ1) is 15.7. The van der Waals surface area contributed by atoms with E-state index >= 15 is 0 Å². The molecule has 0 amide bonds. The van der Waals surface area contributed by atoms with Crippen LogP contribution in [0, 0.1) is 0 Å². The van der Waals surface area contributed by atoms with Gasteiger partial charge in [0.1, 0.15) is 5.69 Å². The summed E-state index contributed by atoms with van der Waals surface area (Å²) in [5, 5.41) is 19.3. The van der Waals surface area contributed by atoms with E-state index in [4.69, 9.17) is 10.2 Å². The molecule has 2 unspecified atom stereocenters. The van der Waals surface area contributed by atoms with Gasteiger partial charge in [0.2, 0.25) is 0 Å². The molecule has 2 N–H and O–H groups in total. The van der Waals surface area contributed by atoms with Crippen molar-refractivity contribution >= 4 is 10.8 Å². The van der Waals surface area contributed by atoms with Crippen LogP contribution in [0.4, 0.5) is 0 Å². The van der Waals surface area contributed by atoms with Gasteiger partial charge in [0.05, 0.1) is 11.7 Å². The van der Waals surface area contributed by atoms with Crippen LogP contribution >= 0.6 is 0 Å².